The maximum absolute atomic E-state index is 13.1. The zero-order chi connectivity index (χ0) is 11.0. The van der Waals surface area contributed by atoms with Gasteiger partial charge in [-0.25, -0.2) is 9.18 Å². The average molecular weight is 229 g/mol. The Hall–Kier alpha value is -1.29. The number of halogens is 2. The predicted molar refractivity (Wildman–Crippen MR) is 55.1 cm³/mol. The number of amides is 2. The van der Waals surface area contributed by atoms with Crippen molar-refractivity contribution in [1.29, 1.82) is 0 Å². The minimum atomic E-state index is -0.485. The molecule has 0 unspecified atom stereocenters. The van der Waals surface area contributed by atoms with Gasteiger partial charge in [-0.15, -0.1) is 0 Å². The fourth-order valence-electron chi connectivity index (χ4n) is 1.80. The number of hydrogen-bond acceptors (Lipinski definition) is 1. The van der Waals surface area contributed by atoms with Crippen LogP contribution >= 0.6 is 11.6 Å². The SMILES string of the molecule is NC(=O)N1CCc2c(Cl)cc(F)cc2C1. The van der Waals surface area contributed by atoms with E-state index >= 15 is 0 Å². The number of urea groups is 1. The first-order chi connectivity index (χ1) is 7.08. The van der Waals surface area contributed by atoms with Gasteiger partial charge >= 0.3 is 6.03 Å². The Balaban J connectivity index is 2.37. The summed E-state index contributed by atoms with van der Waals surface area (Å²) in [4.78, 5) is 12.4. The van der Waals surface area contributed by atoms with Crippen LogP contribution in [0.2, 0.25) is 5.02 Å². The van der Waals surface area contributed by atoms with Gasteiger partial charge in [0.05, 0.1) is 0 Å². The molecule has 0 atom stereocenters. The first kappa shape index (κ1) is 10.2. The van der Waals surface area contributed by atoms with Gasteiger partial charge in [-0.2, -0.15) is 0 Å². The first-order valence-corrected chi connectivity index (χ1v) is 4.97. The molecule has 1 aliphatic rings. The maximum atomic E-state index is 13.1. The standard InChI is InChI=1S/C10H10ClFN2O/c11-9-4-7(12)3-6-5-14(10(13)15)2-1-8(6)9/h3-4H,1-2,5H2,(H2,13,15). The van der Waals surface area contributed by atoms with Crippen molar-refractivity contribution in [3.8, 4) is 0 Å². The molecule has 1 aromatic carbocycles. The third-order valence-corrected chi connectivity index (χ3v) is 2.89. The summed E-state index contributed by atoms with van der Waals surface area (Å²) in [6.07, 6.45) is 0.622. The third-order valence-electron chi connectivity index (χ3n) is 2.56. The van der Waals surface area contributed by atoms with Crippen molar-refractivity contribution in [3.63, 3.8) is 0 Å². The zero-order valence-corrected chi connectivity index (χ0v) is 8.72. The average Bonchev–Trinajstić information content (AvgIpc) is 2.16. The van der Waals surface area contributed by atoms with Crippen LogP contribution in [0.25, 0.3) is 0 Å². The highest BCUT2D eigenvalue weighted by atomic mass is 35.5. The number of carbonyl (C=O) groups excluding carboxylic acids is 1. The van der Waals surface area contributed by atoms with Crippen LogP contribution < -0.4 is 5.73 Å². The van der Waals surface area contributed by atoms with E-state index < -0.39 is 6.03 Å². The minimum absolute atomic E-state index is 0.335. The molecule has 0 bridgehead atoms. The lowest BCUT2D eigenvalue weighted by Gasteiger charge is -2.27. The molecule has 2 N–H and O–H groups in total. The number of rotatable bonds is 0. The van der Waals surface area contributed by atoms with Crippen LogP contribution in [0.15, 0.2) is 12.1 Å². The number of fused-ring (bicyclic) bond motifs is 1. The number of nitrogens with zero attached hydrogens (tertiary/aromatic N) is 1. The number of carbonyl (C=O) groups is 1. The minimum Gasteiger partial charge on any atom is -0.351 e. The molecular weight excluding hydrogens is 219 g/mol. The van der Waals surface area contributed by atoms with Gasteiger partial charge in [-0.05, 0) is 29.7 Å². The van der Waals surface area contributed by atoms with Gasteiger partial charge < -0.3 is 10.6 Å². The molecule has 2 rings (SSSR count). The number of nitrogens with two attached hydrogens (primary N) is 1. The van der Waals surface area contributed by atoms with Gasteiger partial charge in [0.15, 0.2) is 0 Å². The quantitative estimate of drug-likeness (QED) is 0.725. The topological polar surface area (TPSA) is 46.3 Å². The molecule has 5 heteroatoms. The highest BCUT2D eigenvalue weighted by Gasteiger charge is 2.21. The largest absolute Gasteiger partial charge is 0.351 e. The monoisotopic (exact) mass is 228 g/mol. The fraction of sp³-hybridized carbons (Fsp3) is 0.300. The second kappa shape index (κ2) is 3.70. The maximum Gasteiger partial charge on any atom is 0.315 e. The molecule has 0 aromatic heterocycles. The molecule has 2 amide bonds. The Morgan fingerprint density at radius 3 is 2.93 bits per heavy atom. The molecule has 0 saturated carbocycles. The Kier molecular flexibility index (Phi) is 2.52. The molecule has 0 fully saturated rings. The van der Waals surface area contributed by atoms with Crippen molar-refractivity contribution in [2.24, 2.45) is 5.73 Å². The van der Waals surface area contributed by atoms with Crippen molar-refractivity contribution in [2.75, 3.05) is 6.54 Å². The summed E-state index contributed by atoms with van der Waals surface area (Å²) in [5, 5.41) is 0.425. The van der Waals surface area contributed by atoms with E-state index in [1.165, 1.54) is 17.0 Å². The van der Waals surface area contributed by atoms with Crippen LogP contribution in [0.4, 0.5) is 9.18 Å². The van der Waals surface area contributed by atoms with Crippen LogP contribution in [0.1, 0.15) is 11.1 Å². The van der Waals surface area contributed by atoms with Gasteiger partial charge in [0.1, 0.15) is 5.82 Å². The molecule has 0 radical (unpaired) electrons. The Morgan fingerprint density at radius 2 is 2.27 bits per heavy atom. The Labute approximate surface area is 91.6 Å². The molecule has 1 aromatic rings. The molecule has 1 heterocycles. The van der Waals surface area contributed by atoms with E-state index in [1.807, 2.05) is 0 Å². The van der Waals surface area contributed by atoms with E-state index in [9.17, 15) is 9.18 Å². The van der Waals surface area contributed by atoms with Crippen LogP contribution in [0, 0.1) is 5.82 Å². The number of primary amides is 1. The molecular formula is C10H10ClFN2O. The molecule has 3 nitrogen and oxygen atoms in total. The molecule has 15 heavy (non-hydrogen) atoms. The van der Waals surface area contributed by atoms with Crippen LogP contribution in [-0.2, 0) is 13.0 Å². The molecule has 80 valence electrons. The van der Waals surface area contributed by atoms with Crippen LogP contribution in [0.3, 0.4) is 0 Å². The highest BCUT2D eigenvalue weighted by molar-refractivity contribution is 6.31. The van der Waals surface area contributed by atoms with E-state index in [0.717, 1.165) is 11.1 Å². The van der Waals surface area contributed by atoms with Gasteiger partial charge in [-0.1, -0.05) is 11.6 Å². The lowest BCUT2D eigenvalue weighted by molar-refractivity contribution is 0.202. The molecule has 0 aliphatic carbocycles. The van der Waals surface area contributed by atoms with Crippen molar-refractivity contribution in [3.05, 3.63) is 34.1 Å². The van der Waals surface area contributed by atoms with Gasteiger partial charge in [0.25, 0.3) is 0 Å². The summed E-state index contributed by atoms with van der Waals surface area (Å²) in [6.45, 7) is 0.871. The summed E-state index contributed by atoms with van der Waals surface area (Å²) in [6, 6.07) is 2.21. The van der Waals surface area contributed by atoms with Gasteiger partial charge in [-0.3, -0.25) is 0 Å². The zero-order valence-electron chi connectivity index (χ0n) is 7.96. The number of benzene rings is 1. The van der Waals surface area contributed by atoms with Gasteiger partial charge in [0.2, 0.25) is 0 Å². The van der Waals surface area contributed by atoms with Crippen molar-refractivity contribution < 1.29 is 9.18 Å². The Morgan fingerprint density at radius 1 is 1.53 bits per heavy atom. The van der Waals surface area contributed by atoms with E-state index in [1.54, 1.807) is 0 Å². The Bertz CT molecular complexity index is 422. The molecule has 0 spiro atoms. The molecule has 1 aliphatic heterocycles. The summed E-state index contributed by atoms with van der Waals surface area (Å²) < 4.78 is 13.1. The lowest BCUT2D eigenvalue weighted by Crippen LogP contribution is -2.39. The summed E-state index contributed by atoms with van der Waals surface area (Å²) in [5.41, 5.74) is 6.81. The predicted octanol–water partition coefficient (Wildman–Crippen LogP) is 1.92. The van der Waals surface area contributed by atoms with Crippen molar-refractivity contribution in [2.45, 2.75) is 13.0 Å². The van der Waals surface area contributed by atoms with Crippen LogP contribution in [0.5, 0.6) is 0 Å². The number of hydrogen-bond donors (Lipinski definition) is 1. The summed E-state index contributed by atoms with van der Waals surface area (Å²) >= 11 is 5.90. The van der Waals surface area contributed by atoms with E-state index in [0.29, 0.717) is 24.5 Å². The van der Waals surface area contributed by atoms with Crippen molar-refractivity contribution in [1.82, 2.24) is 4.90 Å². The van der Waals surface area contributed by atoms with E-state index in [2.05, 4.69) is 0 Å². The fourth-order valence-corrected chi connectivity index (χ4v) is 2.12. The lowest BCUT2D eigenvalue weighted by atomic mass is 10.00. The highest BCUT2D eigenvalue weighted by Crippen LogP contribution is 2.27. The molecule has 0 saturated heterocycles. The second-order valence-electron chi connectivity index (χ2n) is 3.54. The van der Waals surface area contributed by atoms with E-state index in [-0.39, 0.29) is 5.82 Å². The van der Waals surface area contributed by atoms with Crippen molar-refractivity contribution >= 4 is 17.6 Å². The van der Waals surface area contributed by atoms with E-state index in [4.69, 9.17) is 17.3 Å². The smallest absolute Gasteiger partial charge is 0.315 e. The normalized spacial score (nSPS) is 14.9. The summed E-state index contributed by atoms with van der Waals surface area (Å²) in [7, 11) is 0. The first-order valence-electron chi connectivity index (χ1n) is 4.59. The second-order valence-corrected chi connectivity index (χ2v) is 3.94. The van der Waals surface area contributed by atoms with Gasteiger partial charge in [0, 0.05) is 18.1 Å². The summed E-state index contributed by atoms with van der Waals surface area (Å²) in [5.74, 6) is -0.384. The van der Waals surface area contributed by atoms with Crippen LogP contribution in [-0.4, -0.2) is 17.5 Å². The third kappa shape index (κ3) is 1.90.